The fraction of sp³-hybridized carbons (Fsp3) is 0.778. The highest BCUT2D eigenvalue weighted by atomic mass is 127. The van der Waals surface area contributed by atoms with Gasteiger partial charge in [0.1, 0.15) is 5.60 Å². The zero-order valence-electron chi connectivity index (χ0n) is 8.35. The summed E-state index contributed by atoms with van der Waals surface area (Å²) in [4.78, 5) is 2.03. The molecule has 0 saturated heterocycles. The highest BCUT2D eigenvalue weighted by molar-refractivity contribution is 14.1. The molecule has 0 heterocycles. The van der Waals surface area contributed by atoms with E-state index in [1.165, 1.54) is 0 Å². The largest absolute Gasteiger partial charge is 0.474 e. The molecule has 2 nitrogen and oxygen atoms in total. The first-order chi connectivity index (χ1) is 5.37. The van der Waals surface area contributed by atoms with E-state index in [9.17, 15) is 0 Å². The van der Waals surface area contributed by atoms with Crippen LogP contribution in [0.2, 0.25) is 0 Å². The Morgan fingerprint density at radius 2 is 2.00 bits per heavy atom. The molecule has 0 aliphatic heterocycles. The molecule has 0 aromatic rings. The van der Waals surface area contributed by atoms with Crippen LogP contribution in [0.5, 0.6) is 0 Å². The minimum atomic E-state index is -0.142. The first kappa shape index (κ1) is 12.1. The molecule has 0 fully saturated rings. The van der Waals surface area contributed by atoms with Crippen LogP contribution in [0.25, 0.3) is 0 Å². The molecule has 0 radical (unpaired) electrons. The molecule has 12 heavy (non-hydrogen) atoms. The van der Waals surface area contributed by atoms with Crippen molar-refractivity contribution in [2.75, 3.05) is 18.0 Å². The van der Waals surface area contributed by atoms with Crippen LogP contribution in [0.4, 0.5) is 0 Å². The van der Waals surface area contributed by atoms with Crippen molar-refractivity contribution in [2.45, 2.75) is 26.4 Å². The number of rotatable bonds is 4. The Morgan fingerprint density at radius 1 is 1.50 bits per heavy atom. The first-order valence-electron chi connectivity index (χ1n) is 4.02. The lowest BCUT2D eigenvalue weighted by atomic mass is 10.2. The maximum absolute atomic E-state index is 5.58. The number of ether oxygens (including phenoxy) is 1. The highest BCUT2D eigenvalue weighted by Crippen LogP contribution is 2.14. The molecule has 0 N–H and O–H groups in total. The summed E-state index contributed by atoms with van der Waals surface area (Å²) in [5.74, 6) is 0.749. The van der Waals surface area contributed by atoms with E-state index in [1.807, 2.05) is 32.7 Å². The summed E-state index contributed by atoms with van der Waals surface area (Å²) in [6.45, 7) is 10.9. The van der Waals surface area contributed by atoms with Gasteiger partial charge in [-0.3, -0.25) is 0 Å². The third-order valence-corrected chi connectivity index (χ3v) is 1.75. The van der Waals surface area contributed by atoms with Gasteiger partial charge in [0.25, 0.3) is 0 Å². The van der Waals surface area contributed by atoms with Gasteiger partial charge in [-0.1, -0.05) is 22.6 Å². The van der Waals surface area contributed by atoms with Gasteiger partial charge < -0.3 is 9.64 Å². The molecule has 0 aromatic heterocycles. The summed E-state index contributed by atoms with van der Waals surface area (Å²) >= 11 is 2.33. The zero-order valence-corrected chi connectivity index (χ0v) is 10.5. The molecule has 0 amide bonds. The second-order valence-corrected chi connectivity index (χ2v) is 4.80. The van der Waals surface area contributed by atoms with Crippen LogP contribution in [0.1, 0.15) is 20.8 Å². The maximum Gasteiger partial charge on any atom is 0.182 e. The fourth-order valence-electron chi connectivity index (χ4n) is 0.683. The third kappa shape index (κ3) is 5.69. The third-order valence-electron chi connectivity index (χ3n) is 1.27. The molecule has 0 spiro atoms. The fourth-order valence-corrected chi connectivity index (χ4v) is 1.41. The van der Waals surface area contributed by atoms with Crippen molar-refractivity contribution in [3.05, 3.63) is 12.5 Å². The lowest BCUT2D eigenvalue weighted by Gasteiger charge is -2.28. The molecule has 3 heteroatoms. The Bertz CT molecular complexity index is 151. The molecule has 0 unspecified atom stereocenters. The van der Waals surface area contributed by atoms with Crippen molar-refractivity contribution < 1.29 is 4.74 Å². The summed E-state index contributed by atoms with van der Waals surface area (Å²) in [5, 5.41) is 0. The minimum absolute atomic E-state index is 0.142. The van der Waals surface area contributed by atoms with E-state index in [1.54, 1.807) is 0 Å². The second-order valence-electron chi connectivity index (χ2n) is 3.72. The smallest absolute Gasteiger partial charge is 0.182 e. The van der Waals surface area contributed by atoms with E-state index < -0.39 is 0 Å². The first-order valence-corrected chi connectivity index (χ1v) is 5.54. The Morgan fingerprint density at radius 3 is 2.33 bits per heavy atom. The van der Waals surface area contributed by atoms with Gasteiger partial charge in [-0.2, -0.15) is 0 Å². The number of halogens is 1. The predicted molar refractivity (Wildman–Crippen MR) is 61.5 cm³/mol. The highest BCUT2D eigenvalue weighted by Gasteiger charge is 2.14. The van der Waals surface area contributed by atoms with Crippen LogP contribution in [0.3, 0.4) is 0 Å². The number of alkyl halides is 1. The Labute approximate surface area is 89.1 Å². The standard InChI is InChI=1S/C9H18INO/c1-8(11(5)7-6-10)12-9(2,3)4/h1,6-7H2,2-5H3. The summed E-state index contributed by atoms with van der Waals surface area (Å²) < 4.78 is 6.66. The maximum atomic E-state index is 5.58. The molecule has 0 aliphatic carbocycles. The number of hydrogen-bond acceptors (Lipinski definition) is 2. The molecule has 72 valence electrons. The number of nitrogens with zero attached hydrogens (tertiary/aromatic N) is 1. The summed E-state index contributed by atoms with van der Waals surface area (Å²) in [6.07, 6.45) is 0. The van der Waals surface area contributed by atoms with Crippen molar-refractivity contribution in [1.82, 2.24) is 4.90 Å². The van der Waals surface area contributed by atoms with Gasteiger partial charge in [0, 0.05) is 18.0 Å². The van der Waals surface area contributed by atoms with E-state index in [0.717, 1.165) is 16.9 Å². The van der Waals surface area contributed by atoms with Crippen LogP contribution in [0, 0.1) is 0 Å². The van der Waals surface area contributed by atoms with Crippen LogP contribution < -0.4 is 0 Å². The lowest BCUT2D eigenvalue weighted by molar-refractivity contribution is 0.0111. The molecule has 0 atom stereocenters. The average Bonchev–Trinajstić information content (AvgIpc) is 1.84. The van der Waals surface area contributed by atoms with Gasteiger partial charge in [-0.25, -0.2) is 0 Å². The molecule has 0 bridgehead atoms. The van der Waals surface area contributed by atoms with Gasteiger partial charge in [0.2, 0.25) is 0 Å². The van der Waals surface area contributed by atoms with Crippen molar-refractivity contribution in [3.63, 3.8) is 0 Å². The van der Waals surface area contributed by atoms with E-state index >= 15 is 0 Å². The summed E-state index contributed by atoms with van der Waals surface area (Å²) in [6, 6.07) is 0. The van der Waals surface area contributed by atoms with E-state index in [-0.39, 0.29) is 5.60 Å². The molecular weight excluding hydrogens is 265 g/mol. The van der Waals surface area contributed by atoms with Crippen LogP contribution in [-0.4, -0.2) is 28.5 Å². The van der Waals surface area contributed by atoms with Gasteiger partial charge >= 0.3 is 0 Å². The molecule has 0 saturated carbocycles. The van der Waals surface area contributed by atoms with Gasteiger partial charge in [-0.15, -0.1) is 0 Å². The topological polar surface area (TPSA) is 12.5 Å². The molecule has 0 aromatic carbocycles. The molecular formula is C9H18INO. The minimum Gasteiger partial charge on any atom is -0.474 e. The zero-order chi connectivity index (χ0) is 9.78. The normalized spacial score (nSPS) is 11.1. The van der Waals surface area contributed by atoms with E-state index in [2.05, 4.69) is 29.2 Å². The van der Waals surface area contributed by atoms with Gasteiger partial charge in [-0.05, 0) is 27.4 Å². The van der Waals surface area contributed by atoms with Gasteiger partial charge in [0.05, 0.1) is 0 Å². The molecule has 0 rings (SSSR count). The van der Waals surface area contributed by atoms with E-state index in [4.69, 9.17) is 4.74 Å². The average molecular weight is 283 g/mol. The summed E-state index contributed by atoms with van der Waals surface area (Å²) in [5.41, 5.74) is -0.142. The van der Waals surface area contributed by atoms with E-state index in [0.29, 0.717) is 0 Å². The quantitative estimate of drug-likeness (QED) is 0.447. The Kier molecular flexibility index (Phi) is 4.97. The Hall–Kier alpha value is 0.0700. The summed E-state index contributed by atoms with van der Waals surface area (Å²) in [7, 11) is 1.99. The predicted octanol–water partition coefficient (Wildman–Crippen LogP) is 2.64. The van der Waals surface area contributed by atoms with Crippen LogP contribution >= 0.6 is 22.6 Å². The van der Waals surface area contributed by atoms with Crippen LogP contribution in [0.15, 0.2) is 12.5 Å². The second kappa shape index (κ2) is 4.94. The molecule has 0 aliphatic rings. The van der Waals surface area contributed by atoms with Crippen molar-refractivity contribution in [3.8, 4) is 0 Å². The number of hydrogen-bond donors (Lipinski definition) is 0. The lowest BCUT2D eigenvalue weighted by Crippen LogP contribution is -2.28. The van der Waals surface area contributed by atoms with Gasteiger partial charge in [0.15, 0.2) is 5.88 Å². The Balaban J connectivity index is 3.87. The monoisotopic (exact) mass is 283 g/mol. The SMILES string of the molecule is C=C(OC(C)(C)C)N(C)CCI. The van der Waals surface area contributed by atoms with Crippen molar-refractivity contribution in [1.29, 1.82) is 0 Å². The van der Waals surface area contributed by atoms with Crippen LogP contribution in [-0.2, 0) is 4.74 Å². The van der Waals surface area contributed by atoms with Crippen molar-refractivity contribution in [2.24, 2.45) is 0 Å². The van der Waals surface area contributed by atoms with Crippen molar-refractivity contribution >= 4 is 22.6 Å².